The highest BCUT2D eigenvalue weighted by atomic mass is 79.9. The maximum atomic E-state index is 10.8. The van der Waals surface area contributed by atoms with Crippen LogP contribution in [-0.4, -0.2) is 17.5 Å². The molecule has 0 heterocycles. The number of nitrogens with one attached hydrogen (secondary N) is 1. The maximum absolute atomic E-state index is 10.8. The molecule has 0 aromatic heterocycles. The topological polar surface area (TPSA) is 55.2 Å². The van der Waals surface area contributed by atoms with Crippen LogP contribution in [0.3, 0.4) is 0 Å². The molecule has 0 radical (unpaired) electrons. The van der Waals surface area contributed by atoms with Gasteiger partial charge in [0, 0.05) is 22.1 Å². The summed E-state index contributed by atoms with van der Waals surface area (Å²) < 4.78 is 0.872. The lowest BCUT2D eigenvalue weighted by molar-refractivity contribution is -0.385. The molecule has 1 N–H and O–H groups in total. The number of nitro benzene ring substituents is 1. The number of hydrogen-bond acceptors (Lipinski definition) is 3. The zero-order valence-corrected chi connectivity index (χ0v) is 11.0. The number of halogens is 1. The van der Waals surface area contributed by atoms with Gasteiger partial charge in [-0.1, -0.05) is 22.9 Å². The highest BCUT2D eigenvalue weighted by Crippen LogP contribution is 2.24. The van der Waals surface area contributed by atoms with Crippen molar-refractivity contribution in [3.05, 3.63) is 38.3 Å². The predicted molar refractivity (Wildman–Crippen MR) is 67.6 cm³/mol. The molecule has 1 aromatic rings. The summed E-state index contributed by atoms with van der Waals surface area (Å²) in [5, 5.41) is 14.1. The third-order valence-corrected chi connectivity index (χ3v) is 2.81. The summed E-state index contributed by atoms with van der Waals surface area (Å²) in [7, 11) is 0. The standard InChI is InChI=1S/C11H15BrN2O2/c1-3-13-8(2)6-9-7-10(12)4-5-11(9)14(15)16/h4-5,7-8,13H,3,6H2,1-2H3. The van der Waals surface area contributed by atoms with Gasteiger partial charge in [0.1, 0.15) is 0 Å². The Labute approximate surface area is 103 Å². The molecule has 0 aliphatic rings. The summed E-state index contributed by atoms with van der Waals surface area (Å²) in [5.74, 6) is 0. The van der Waals surface area contributed by atoms with E-state index >= 15 is 0 Å². The fourth-order valence-electron chi connectivity index (χ4n) is 1.65. The smallest absolute Gasteiger partial charge is 0.272 e. The molecule has 0 amide bonds. The van der Waals surface area contributed by atoms with Gasteiger partial charge in [-0.15, -0.1) is 0 Å². The Kier molecular flexibility index (Phi) is 4.89. The minimum atomic E-state index is -0.333. The molecule has 0 fully saturated rings. The van der Waals surface area contributed by atoms with E-state index in [4.69, 9.17) is 0 Å². The zero-order chi connectivity index (χ0) is 12.1. The molecule has 5 heteroatoms. The van der Waals surface area contributed by atoms with Crippen LogP contribution in [-0.2, 0) is 6.42 Å². The van der Waals surface area contributed by atoms with E-state index in [0.29, 0.717) is 6.42 Å². The average molecular weight is 287 g/mol. The molecule has 88 valence electrons. The molecule has 4 nitrogen and oxygen atoms in total. The lowest BCUT2D eigenvalue weighted by atomic mass is 10.1. The minimum Gasteiger partial charge on any atom is -0.314 e. The number of nitrogens with zero attached hydrogens (tertiary/aromatic N) is 1. The third-order valence-electron chi connectivity index (χ3n) is 2.32. The van der Waals surface area contributed by atoms with Crippen molar-refractivity contribution in [2.24, 2.45) is 0 Å². The Morgan fingerprint density at radius 2 is 2.25 bits per heavy atom. The van der Waals surface area contributed by atoms with Crippen molar-refractivity contribution in [1.29, 1.82) is 0 Å². The largest absolute Gasteiger partial charge is 0.314 e. The summed E-state index contributed by atoms with van der Waals surface area (Å²) in [6, 6.07) is 5.28. The van der Waals surface area contributed by atoms with Crippen LogP contribution in [0.5, 0.6) is 0 Å². The van der Waals surface area contributed by atoms with Crippen molar-refractivity contribution in [2.45, 2.75) is 26.3 Å². The Hall–Kier alpha value is -0.940. The van der Waals surface area contributed by atoms with Gasteiger partial charge in [-0.05, 0) is 32.0 Å². The first-order valence-corrected chi connectivity index (χ1v) is 6.00. The van der Waals surface area contributed by atoms with Crippen molar-refractivity contribution in [3.63, 3.8) is 0 Å². The molecule has 1 unspecified atom stereocenters. The van der Waals surface area contributed by atoms with Crippen LogP contribution < -0.4 is 5.32 Å². The van der Waals surface area contributed by atoms with Gasteiger partial charge in [0.25, 0.3) is 5.69 Å². The quantitative estimate of drug-likeness (QED) is 0.669. The molecule has 0 aliphatic heterocycles. The van der Waals surface area contributed by atoms with Gasteiger partial charge in [-0.3, -0.25) is 10.1 Å². The molecule has 0 saturated heterocycles. The molecule has 1 atom stereocenters. The van der Waals surface area contributed by atoms with Gasteiger partial charge >= 0.3 is 0 Å². The molecule has 0 aliphatic carbocycles. The molecular formula is C11H15BrN2O2. The minimum absolute atomic E-state index is 0.188. The second-order valence-electron chi connectivity index (χ2n) is 3.69. The summed E-state index contributed by atoms with van der Waals surface area (Å²) in [4.78, 5) is 10.5. The van der Waals surface area contributed by atoms with Crippen LogP contribution >= 0.6 is 15.9 Å². The first-order chi connectivity index (χ1) is 7.54. The van der Waals surface area contributed by atoms with Crippen molar-refractivity contribution in [1.82, 2.24) is 5.32 Å². The van der Waals surface area contributed by atoms with E-state index in [1.807, 2.05) is 19.9 Å². The van der Waals surface area contributed by atoms with Gasteiger partial charge < -0.3 is 5.32 Å². The average Bonchev–Trinajstić information content (AvgIpc) is 2.17. The van der Waals surface area contributed by atoms with Crippen molar-refractivity contribution in [2.75, 3.05) is 6.54 Å². The van der Waals surface area contributed by atoms with Crippen molar-refractivity contribution < 1.29 is 4.92 Å². The van der Waals surface area contributed by atoms with Crippen LogP contribution in [0.25, 0.3) is 0 Å². The normalized spacial score (nSPS) is 12.4. The fraction of sp³-hybridized carbons (Fsp3) is 0.455. The van der Waals surface area contributed by atoms with E-state index in [2.05, 4.69) is 21.2 Å². The first kappa shape index (κ1) is 13.1. The summed E-state index contributed by atoms with van der Waals surface area (Å²) in [6.45, 7) is 4.91. The second kappa shape index (κ2) is 5.96. The number of rotatable bonds is 5. The number of nitro groups is 1. The Balaban J connectivity index is 2.92. The molecule has 16 heavy (non-hydrogen) atoms. The third kappa shape index (κ3) is 3.57. The monoisotopic (exact) mass is 286 g/mol. The van der Waals surface area contributed by atoms with Crippen LogP contribution in [0, 0.1) is 10.1 Å². The van der Waals surface area contributed by atoms with E-state index in [9.17, 15) is 10.1 Å². The maximum Gasteiger partial charge on any atom is 0.272 e. The van der Waals surface area contributed by atoms with Gasteiger partial charge in [0.15, 0.2) is 0 Å². The SMILES string of the molecule is CCNC(C)Cc1cc(Br)ccc1[N+](=O)[O-]. The van der Waals surface area contributed by atoms with Crippen molar-refractivity contribution >= 4 is 21.6 Å². The Morgan fingerprint density at radius 3 is 2.81 bits per heavy atom. The van der Waals surface area contributed by atoms with Crippen LogP contribution in [0.15, 0.2) is 22.7 Å². The van der Waals surface area contributed by atoms with Gasteiger partial charge in [0.05, 0.1) is 4.92 Å². The molecular weight excluding hydrogens is 272 g/mol. The Bertz CT molecular complexity index is 382. The number of benzene rings is 1. The van der Waals surface area contributed by atoms with E-state index in [0.717, 1.165) is 16.6 Å². The molecule has 0 bridgehead atoms. The van der Waals surface area contributed by atoms with Crippen molar-refractivity contribution in [3.8, 4) is 0 Å². The summed E-state index contributed by atoms with van der Waals surface area (Å²) in [6.07, 6.45) is 0.656. The summed E-state index contributed by atoms with van der Waals surface area (Å²) in [5.41, 5.74) is 0.945. The van der Waals surface area contributed by atoms with Crippen LogP contribution in [0.2, 0.25) is 0 Å². The predicted octanol–water partition coefficient (Wildman–Crippen LogP) is 2.90. The molecule has 1 aromatic carbocycles. The van der Waals surface area contributed by atoms with Gasteiger partial charge in [-0.2, -0.15) is 0 Å². The molecule has 0 spiro atoms. The van der Waals surface area contributed by atoms with E-state index in [1.165, 1.54) is 6.07 Å². The van der Waals surface area contributed by atoms with Crippen LogP contribution in [0.4, 0.5) is 5.69 Å². The van der Waals surface area contributed by atoms with E-state index < -0.39 is 0 Å². The zero-order valence-electron chi connectivity index (χ0n) is 9.37. The molecule has 0 saturated carbocycles. The van der Waals surface area contributed by atoms with Gasteiger partial charge in [-0.25, -0.2) is 0 Å². The lowest BCUT2D eigenvalue weighted by Crippen LogP contribution is -2.27. The number of likely N-dealkylation sites (N-methyl/N-ethyl adjacent to an activating group) is 1. The summed E-state index contributed by atoms with van der Waals surface area (Å²) >= 11 is 3.33. The Morgan fingerprint density at radius 1 is 1.56 bits per heavy atom. The van der Waals surface area contributed by atoms with Crippen LogP contribution in [0.1, 0.15) is 19.4 Å². The lowest BCUT2D eigenvalue weighted by Gasteiger charge is -2.12. The van der Waals surface area contributed by atoms with E-state index in [-0.39, 0.29) is 16.7 Å². The van der Waals surface area contributed by atoms with Gasteiger partial charge in [0.2, 0.25) is 0 Å². The molecule has 1 rings (SSSR count). The first-order valence-electron chi connectivity index (χ1n) is 5.20. The highest BCUT2D eigenvalue weighted by molar-refractivity contribution is 9.10. The second-order valence-corrected chi connectivity index (χ2v) is 4.61. The van der Waals surface area contributed by atoms with E-state index in [1.54, 1.807) is 6.07 Å². The number of hydrogen-bond donors (Lipinski definition) is 1. The fourth-order valence-corrected chi connectivity index (χ4v) is 2.05. The highest BCUT2D eigenvalue weighted by Gasteiger charge is 2.15.